The van der Waals surface area contributed by atoms with Gasteiger partial charge in [-0.3, -0.25) is 14.6 Å². The van der Waals surface area contributed by atoms with Crippen molar-refractivity contribution < 1.29 is 14.3 Å². The second-order valence-corrected chi connectivity index (χ2v) is 6.89. The summed E-state index contributed by atoms with van der Waals surface area (Å²) in [7, 11) is 1.55. The monoisotopic (exact) mass is 400 g/mol. The molecule has 1 saturated heterocycles. The van der Waals surface area contributed by atoms with E-state index in [1.54, 1.807) is 36.3 Å². The van der Waals surface area contributed by atoms with E-state index < -0.39 is 0 Å². The average Bonchev–Trinajstić information content (AvgIpc) is 2.71. The third-order valence-corrected chi connectivity index (χ3v) is 4.64. The van der Waals surface area contributed by atoms with Gasteiger partial charge in [-0.2, -0.15) is 0 Å². The molecule has 3 heterocycles. The molecule has 2 aromatic rings. The summed E-state index contributed by atoms with van der Waals surface area (Å²) in [6, 6.07) is 6.99. The predicted molar refractivity (Wildman–Crippen MR) is 106 cm³/mol. The summed E-state index contributed by atoms with van der Waals surface area (Å²) in [4.78, 5) is 34.0. The van der Waals surface area contributed by atoms with Crippen LogP contribution in [-0.4, -0.2) is 52.9 Å². The Morgan fingerprint density at radius 2 is 2.14 bits per heavy atom. The van der Waals surface area contributed by atoms with Crippen LogP contribution in [0.3, 0.4) is 0 Å². The molecular weight excluding hydrogens is 380 g/mol. The largest absolute Gasteiger partial charge is 0.367 e. The van der Waals surface area contributed by atoms with Crippen LogP contribution in [0, 0.1) is 0 Å². The van der Waals surface area contributed by atoms with Gasteiger partial charge in [0.2, 0.25) is 5.91 Å². The molecule has 3 rings (SSSR count). The van der Waals surface area contributed by atoms with Gasteiger partial charge in [-0.25, -0.2) is 4.98 Å². The normalized spacial score (nSPS) is 19.2. The number of hydrogen-bond donors (Lipinski definition) is 1. The Bertz CT molecular complexity index is 918. The molecule has 0 aromatic carbocycles. The molecule has 0 radical (unpaired) electrons. The Labute approximate surface area is 168 Å². The number of nitrogens with one attached hydrogen (secondary N) is 1. The number of rotatable bonds is 4. The molecule has 7 nitrogen and oxygen atoms in total. The minimum absolute atomic E-state index is 0.126. The molecule has 2 amide bonds. The van der Waals surface area contributed by atoms with Gasteiger partial charge in [0.05, 0.1) is 18.3 Å². The van der Waals surface area contributed by atoms with Gasteiger partial charge in [-0.1, -0.05) is 18.2 Å². The zero-order valence-electron chi connectivity index (χ0n) is 15.7. The van der Waals surface area contributed by atoms with Gasteiger partial charge in [0.15, 0.2) is 0 Å². The molecule has 2 atom stereocenters. The van der Waals surface area contributed by atoms with Gasteiger partial charge < -0.3 is 15.0 Å². The molecule has 1 aliphatic heterocycles. The SMILES string of the molecule is C=CC(=O)N1C[C@H](C)O[C@@H](c2cc(Cl)nc(-c3ccnc(C(=O)NC)c3)c2)C1. The molecule has 8 heteroatoms. The van der Waals surface area contributed by atoms with Gasteiger partial charge >= 0.3 is 0 Å². The highest BCUT2D eigenvalue weighted by Gasteiger charge is 2.29. The van der Waals surface area contributed by atoms with Crippen molar-refractivity contribution in [3.63, 3.8) is 0 Å². The van der Waals surface area contributed by atoms with Crippen LogP contribution in [0.4, 0.5) is 0 Å². The predicted octanol–water partition coefficient (Wildman–Crippen LogP) is 2.63. The van der Waals surface area contributed by atoms with E-state index in [-0.39, 0.29) is 29.7 Å². The summed E-state index contributed by atoms with van der Waals surface area (Å²) < 4.78 is 6.03. The number of carbonyl (C=O) groups is 2. The van der Waals surface area contributed by atoms with E-state index >= 15 is 0 Å². The average molecular weight is 401 g/mol. The Kier molecular flexibility index (Phi) is 6.06. The maximum atomic E-state index is 12.0. The molecule has 0 spiro atoms. The van der Waals surface area contributed by atoms with E-state index in [0.29, 0.717) is 29.5 Å². The van der Waals surface area contributed by atoms with Crippen molar-refractivity contribution in [2.75, 3.05) is 20.1 Å². The van der Waals surface area contributed by atoms with Gasteiger partial charge in [0, 0.05) is 25.4 Å². The first-order valence-electron chi connectivity index (χ1n) is 8.84. The van der Waals surface area contributed by atoms with Gasteiger partial charge in [0.1, 0.15) is 17.0 Å². The molecule has 0 bridgehead atoms. The van der Waals surface area contributed by atoms with Crippen LogP contribution in [0.2, 0.25) is 5.15 Å². The van der Waals surface area contributed by atoms with Crippen LogP contribution < -0.4 is 5.32 Å². The van der Waals surface area contributed by atoms with E-state index in [4.69, 9.17) is 16.3 Å². The molecule has 1 fully saturated rings. The van der Waals surface area contributed by atoms with Crippen molar-refractivity contribution in [2.24, 2.45) is 0 Å². The zero-order valence-corrected chi connectivity index (χ0v) is 16.4. The van der Waals surface area contributed by atoms with Gasteiger partial charge in [0.25, 0.3) is 5.91 Å². The Balaban J connectivity index is 1.94. The van der Waals surface area contributed by atoms with Crippen molar-refractivity contribution >= 4 is 23.4 Å². The first-order chi connectivity index (χ1) is 13.4. The minimum atomic E-state index is -0.341. The summed E-state index contributed by atoms with van der Waals surface area (Å²) >= 11 is 6.25. The van der Waals surface area contributed by atoms with E-state index in [1.807, 2.05) is 13.0 Å². The highest BCUT2D eigenvalue weighted by molar-refractivity contribution is 6.29. The minimum Gasteiger partial charge on any atom is -0.367 e. The van der Waals surface area contributed by atoms with Crippen LogP contribution in [0.1, 0.15) is 29.1 Å². The third-order valence-electron chi connectivity index (χ3n) is 4.45. The molecule has 28 heavy (non-hydrogen) atoms. The lowest BCUT2D eigenvalue weighted by molar-refractivity contribution is -0.139. The summed E-state index contributed by atoms with van der Waals surface area (Å²) in [6.07, 6.45) is 2.38. The second-order valence-electron chi connectivity index (χ2n) is 6.50. The number of morpholine rings is 1. The molecule has 1 aliphatic rings. The number of amides is 2. The summed E-state index contributed by atoms with van der Waals surface area (Å²) in [5, 5.41) is 2.85. The Morgan fingerprint density at radius 3 is 2.86 bits per heavy atom. The number of nitrogens with zero attached hydrogens (tertiary/aromatic N) is 3. The lowest BCUT2D eigenvalue weighted by Crippen LogP contribution is -2.45. The van der Waals surface area contributed by atoms with E-state index in [9.17, 15) is 9.59 Å². The molecule has 0 unspecified atom stereocenters. The molecule has 146 valence electrons. The summed E-state index contributed by atoms with van der Waals surface area (Å²) in [5.74, 6) is -0.419. The fraction of sp³-hybridized carbons (Fsp3) is 0.300. The summed E-state index contributed by atoms with van der Waals surface area (Å²) in [5.41, 5.74) is 2.40. The molecule has 0 saturated carbocycles. The number of aromatic nitrogens is 2. The number of hydrogen-bond acceptors (Lipinski definition) is 5. The van der Waals surface area contributed by atoms with Crippen LogP contribution in [0.15, 0.2) is 43.1 Å². The van der Waals surface area contributed by atoms with Gasteiger partial charge in [-0.15, -0.1) is 0 Å². The smallest absolute Gasteiger partial charge is 0.269 e. The Morgan fingerprint density at radius 1 is 1.36 bits per heavy atom. The highest BCUT2D eigenvalue weighted by atomic mass is 35.5. The first kappa shape index (κ1) is 20.0. The summed E-state index contributed by atoms with van der Waals surface area (Å²) in [6.45, 7) is 6.37. The van der Waals surface area contributed by atoms with E-state index in [2.05, 4.69) is 21.9 Å². The molecular formula is C20H21ClN4O3. The second kappa shape index (κ2) is 8.50. The van der Waals surface area contributed by atoms with E-state index in [0.717, 1.165) is 5.56 Å². The number of carbonyl (C=O) groups excluding carboxylic acids is 2. The van der Waals surface area contributed by atoms with Crippen LogP contribution >= 0.6 is 11.6 Å². The van der Waals surface area contributed by atoms with Crippen LogP contribution in [0.25, 0.3) is 11.3 Å². The van der Waals surface area contributed by atoms with Gasteiger partial charge in [-0.05, 0) is 42.8 Å². The molecule has 0 aliphatic carbocycles. The van der Waals surface area contributed by atoms with Crippen molar-refractivity contribution in [2.45, 2.75) is 19.1 Å². The Hall–Kier alpha value is -2.77. The highest BCUT2D eigenvalue weighted by Crippen LogP contribution is 2.30. The first-order valence-corrected chi connectivity index (χ1v) is 9.22. The van der Waals surface area contributed by atoms with Crippen molar-refractivity contribution in [1.29, 1.82) is 0 Å². The fourth-order valence-electron chi connectivity index (χ4n) is 3.14. The van der Waals surface area contributed by atoms with Crippen molar-refractivity contribution in [3.8, 4) is 11.3 Å². The van der Waals surface area contributed by atoms with Crippen molar-refractivity contribution in [1.82, 2.24) is 20.2 Å². The number of ether oxygens (including phenoxy) is 1. The zero-order chi connectivity index (χ0) is 20.3. The standard InChI is InChI=1S/C20H21ClN4O3/c1-4-19(26)25-10-12(2)28-17(11-25)14-8-15(24-18(21)9-14)13-5-6-23-16(7-13)20(27)22-3/h4-9,12,17H,1,10-11H2,2-3H3,(H,22,27)/t12-,17+/m0/s1. The number of halogens is 1. The number of pyridine rings is 2. The van der Waals surface area contributed by atoms with Crippen LogP contribution in [-0.2, 0) is 9.53 Å². The lowest BCUT2D eigenvalue weighted by Gasteiger charge is -2.36. The third kappa shape index (κ3) is 4.37. The quantitative estimate of drug-likeness (QED) is 0.630. The molecule has 2 aromatic heterocycles. The maximum absolute atomic E-state index is 12.0. The fourth-order valence-corrected chi connectivity index (χ4v) is 3.35. The lowest BCUT2D eigenvalue weighted by atomic mass is 10.0. The van der Waals surface area contributed by atoms with E-state index in [1.165, 1.54) is 6.08 Å². The maximum Gasteiger partial charge on any atom is 0.269 e. The van der Waals surface area contributed by atoms with Crippen molar-refractivity contribution in [3.05, 3.63) is 59.5 Å². The topological polar surface area (TPSA) is 84.4 Å². The van der Waals surface area contributed by atoms with Crippen LogP contribution in [0.5, 0.6) is 0 Å². The molecule has 1 N–H and O–H groups in total.